The minimum Gasteiger partial charge on any atom is -0.391 e. The van der Waals surface area contributed by atoms with Gasteiger partial charge in [0.2, 0.25) is 0 Å². The third kappa shape index (κ3) is 5.32. The second kappa shape index (κ2) is 9.72. The van der Waals surface area contributed by atoms with E-state index in [1.165, 1.54) is 0 Å². The highest BCUT2D eigenvalue weighted by Crippen LogP contribution is 2.32. The van der Waals surface area contributed by atoms with E-state index in [4.69, 9.17) is 15.2 Å². The summed E-state index contributed by atoms with van der Waals surface area (Å²) in [4.78, 5) is 0. The number of hydrogen-bond acceptors (Lipinski definition) is 4. The fourth-order valence-electron chi connectivity index (χ4n) is 2.90. The van der Waals surface area contributed by atoms with Crippen molar-refractivity contribution in [3.8, 4) is 0 Å². The number of unbranched alkanes of at least 4 members (excludes halogenated alkanes) is 2. The smallest absolute Gasteiger partial charge is 0.0699 e. The number of hydrogen-bond donors (Lipinski definition) is 2. The molecule has 0 aliphatic heterocycles. The minimum atomic E-state index is -0.434. The Labute approximate surface area is 124 Å². The predicted octanol–water partition coefficient (Wildman–Crippen LogP) is 2.33. The number of nitrogens with two attached hydrogens (primary N) is 1. The first-order chi connectivity index (χ1) is 9.61. The van der Waals surface area contributed by atoms with Crippen LogP contribution < -0.4 is 5.73 Å². The van der Waals surface area contributed by atoms with Crippen molar-refractivity contribution in [2.75, 3.05) is 19.8 Å². The quantitative estimate of drug-likeness (QED) is 0.639. The highest BCUT2D eigenvalue weighted by Gasteiger charge is 2.40. The van der Waals surface area contributed by atoms with Crippen molar-refractivity contribution < 1.29 is 14.6 Å². The molecule has 1 aliphatic rings. The molecule has 0 radical (unpaired) electrons. The molecular formula is C16H33NO3. The molecule has 20 heavy (non-hydrogen) atoms. The van der Waals surface area contributed by atoms with E-state index in [0.717, 1.165) is 38.9 Å². The molecule has 4 heteroatoms. The van der Waals surface area contributed by atoms with E-state index in [-0.39, 0.29) is 24.0 Å². The van der Waals surface area contributed by atoms with Crippen LogP contribution in [-0.4, -0.2) is 43.2 Å². The minimum absolute atomic E-state index is 0.113. The van der Waals surface area contributed by atoms with Crippen LogP contribution in [0, 0.1) is 11.8 Å². The molecule has 1 fully saturated rings. The monoisotopic (exact) mass is 287 g/mol. The van der Waals surface area contributed by atoms with E-state index >= 15 is 0 Å². The van der Waals surface area contributed by atoms with Crippen molar-refractivity contribution in [1.29, 1.82) is 0 Å². The average Bonchev–Trinajstić information content (AvgIpc) is 2.44. The van der Waals surface area contributed by atoms with Gasteiger partial charge in [0, 0.05) is 31.1 Å². The lowest BCUT2D eigenvalue weighted by atomic mass is 9.75. The molecule has 0 saturated heterocycles. The van der Waals surface area contributed by atoms with Crippen molar-refractivity contribution in [3.63, 3.8) is 0 Å². The summed E-state index contributed by atoms with van der Waals surface area (Å²) in [5, 5.41) is 10.1. The molecule has 4 nitrogen and oxygen atoms in total. The largest absolute Gasteiger partial charge is 0.391 e. The van der Waals surface area contributed by atoms with Gasteiger partial charge in [0.25, 0.3) is 0 Å². The van der Waals surface area contributed by atoms with Crippen LogP contribution in [-0.2, 0) is 9.47 Å². The van der Waals surface area contributed by atoms with Gasteiger partial charge in [-0.05, 0) is 19.3 Å². The van der Waals surface area contributed by atoms with Gasteiger partial charge in [-0.15, -0.1) is 0 Å². The van der Waals surface area contributed by atoms with Gasteiger partial charge in [-0.1, -0.05) is 33.6 Å². The topological polar surface area (TPSA) is 64.7 Å². The van der Waals surface area contributed by atoms with Crippen LogP contribution >= 0.6 is 0 Å². The normalized spacial score (nSPS) is 34.4. The lowest BCUT2D eigenvalue weighted by molar-refractivity contribution is -0.105. The standard InChI is InChI=1S/C16H33NO3/c1-4-6-8-19-11-13-10-14(18)15(17)12(3)16(13)20-9-7-5-2/h12-16,18H,4-11,17H2,1-3H3/t12-,13-,14-,15-,16+/m1/s1. The summed E-state index contributed by atoms with van der Waals surface area (Å²) in [5.41, 5.74) is 6.08. The van der Waals surface area contributed by atoms with E-state index in [1.807, 2.05) is 0 Å². The molecule has 0 bridgehead atoms. The highest BCUT2D eigenvalue weighted by molar-refractivity contribution is 4.93. The molecule has 0 aromatic carbocycles. The van der Waals surface area contributed by atoms with Crippen molar-refractivity contribution in [2.24, 2.45) is 17.6 Å². The molecule has 1 aliphatic carbocycles. The van der Waals surface area contributed by atoms with Gasteiger partial charge in [0.1, 0.15) is 0 Å². The van der Waals surface area contributed by atoms with Crippen molar-refractivity contribution in [2.45, 2.75) is 71.1 Å². The highest BCUT2D eigenvalue weighted by atomic mass is 16.5. The van der Waals surface area contributed by atoms with E-state index in [9.17, 15) is 5.11 Å². The average molecular weight is 287 g/mol. The summed E-state index contributed by atoms with van der Waals surface area (Å²) in [6, 6.07) is -0.187. The second-order valence-electron chi connectivity index (χ2n) is 6.12. The Hall–Kier alpha value is -0.160. The van der Waals surface area contributed by atoms with Crippen molar-refractivity contribution >= 4 is 0 Å². The first-order valence-corrected chi connectivity index (χ1v) is 8.24. The molecule has 120 valence electrons. The summed E-state index contributed by atoms with van der Waals surface area (Å²) < 4.78 is 11.8. The Morgan fingerprint density at radius 1 is 1.15 bits per heavy atom. The van der Waals surface area contributed by atoms with E-state index in [0.29, 0.717) is 13.0 Å². The van der Waals surface area contributed by atoms with Gasteiger partial charge < -0.3 is 20.3 Å². The van der Waals surface area contributed by atoms with Crippen LogP contribution in [0.4, 0.5) is 0 Å². The summed E-state index contributed by atoms with van der Waals surface area (Å²) in [6.45, 7) is 8.65. The van der Waals surface area contributed by atoms with Crippen LogP contribution in [0.15, 0.2) is 0 Å². The second-order valence-corrected chi connectivity index (χ2v) is 6.12. The zero-order chi connectivity index (χ0) is 15.0. The third-order valence-electron chi connectivity index (χ3n) is 4.36. The molecule has 0 heterocycles. The van der Waals surface area contributed by atoms with Crippen LogP contribution in [0.3, 0.4) is 0 Å². The Bertz CT molecular complexity index is 250. The first-order valence-electron chi connectivity index (χ1n) is 8.24. The fourth-order valence-corrected chi connectivity index (χ4v) is 2.90. The lowest BCUT2D eigenvalue weighted by Gasteiger charge is -2.42. The van der Waals surface area contributed by atoms with E-state index in [1.54, 1.807) is 0 Å². The summed E-state index contributed by atoms with van der Waals surface area (Å²) >= 11 is 0. The van der Waals surface area contributed by atoms with Gasteiger partial charge in [0.15, 0.2) is 0 Å². The van der Waals surface area contributed by atoms with Crippen LogP contribution in [0.5, 0.6) is 0 Å². The Morgan fingerprint density at radius 2 is 1.80 bits per heavy atom. The number of rotatable bonds is 9. The van der Waals surface area contributed by atoms with Gasteiger partial charge >= 0.3 is 0 Å². The molecule has 0 aromatic heterocycles. The molecule has 3 N–H and O–H groups in total. The van der Waals surface area contributed by atoms with Crippen molar-refractivity contribution in [1.82, 2.24) is 0 Å². The maximum atomic E-state index is 10.1. The van der Waals surface area contributed by atoms with Crippen LogP contribution in [0.1, 0.15) is 52.9 Å². The molecule has 0 aromatic rings. The lowest BCUT2D eigenvalue weighted by Crippen LogP contribution is -2.54. The number of aliphatic hydroxyl groups is 1. The Balaban J connectivity index is 2.50. The number of ether oxygens (including phenoxy) is 2. The number of aliphatic hydroxyl groups excluding tert-OH is 1. The van der Waals surface area contributed by atoms with Gasteiger partial charge in [-0.25, -0.2) is 0 Å². The molecule has 1 rings (SSSR count). The van der Waals surface area contributed by atoms with E-state index < -0.39 is 6.10 Å². The molecule has 1 saturated carbocycles. The summed E-state index contributed by atoms with van der Waals surface area (Å²) in [5.74, 6) is 0.434. The maximum Gasteiger partial charge on any atom is 0.0699 e. The van der Waals surface area contributed by atoms with Gasteiger partial charge in [-0.2, -0.15) is 0 Å². The zero-order valence-electron chi connectivity index (χ0n) is 13.4. The maximum absolute atomic E-state index is 10.1. The van der Waals surface area contributed by atoms with Crippen LogP contribution in [0.25, 0.3) is 0 Å². The van der Waals surface area contributed by atoms with Crippen LogP contribution in [0.2, 0.25) is 0 Å². The molecule has 0 amide bonds. The fraction of sp³-hybridized carbons (Fsp3) is 1.00. The third-order valence-corrected chi connectivity index (χ3v) is 4.36. The molecule has 5 atom stereocenters. The predicted molar refractivity (Wildman–Crippen MR) is 81.6 cm³/mol. The molecule has 0 unspecified atom stereocenters. The van der Waals surface area contributed by atoms with Gasteiger partial charge in [0.05, 0.1) is 18.8 Å². The first kappa shape index (κ1) is 17.9. The molecular weight excluding hydrogens is 254 g/mol. The Morgan fingerprint density at radius 3 is 2.45 bits per heavy atom. The summed E-state index contributed by atoms with van der Waals surface area (Å²) in [6.07, 6.45) is 4.81. The summed E-state index contributed by atoms with van der Waals surface area (Å²) in [7, 11) is 0. The molecule has 0 spiro atoms. The Kier molecular flexibility index (Phi) is 8.69. The van der Waals surface area contributed by atoms with Crippen molar-refractivity contribution in [3.05, 3.63) is 0 Å². The van der Waals surface area contributed by atoms with E-state index in [2.05, 4.69) is 20.8 Å². The zero-order valence-corrected chi connectivity index (χ0v) is 13.4. The SMILES string of the molecule is CCCCOC[C@H]1C[C@@H](O)[C@H](N)[C@@H](C)[C@@H]1OCCCC. The van der Waals surface area contributed by atoms with Gasteiger partial charge in [-0.3, -0.25) is 0 Å².